The Morgan fingerprint density at radius 3 is 3.00 bits per heavy atom. The van der Waals surface area contributed by atoms with Gasteiger partial charge >= 0.3 is 0 Å². The van der Waals surface area contributed by atoms with Crippen molar-refractivity contribution in [3.63, 3.8) is 0 Å². The fraction of sp³-hybridized carbons (Fsp3) is 0.500. The quantitative estimate of drug-likeness (QED) is 0.843. The first kappa shape index (κ1) is 13.0. The second-order valence-corrected chi connectivity index (χ2v) is 4.90. The maximum absolute atomic E-state index is 13.8. The number of nitrogens with one attached hydrogen (secondary N) is 2. The summed E-state index contributed by atoms with van der Waals surface area (Å²) >= 11 is 0. The molecule has 2 N–H and O–H groups in total. The zero-order valence-electron chi connectivity index (χ0n) is 10.8. The summed E-state index contributed by atoms with van der Waals surface area (Å²) < 4.78 is 13.8. The molecule has 0 bridgehead atoms. The Kier molecular flexibility index (Phi) is 3.97. The van der Waals surface area contributed by atoms with Crippen LogP contribution < -0.4 is 10.6 Å². The molecular formula is C14H19FN2O. The summed E-state index contributed by atoms with van der Waals surface area (Å²) in [6.45, 7) is 4.68. The Balaban J connectivity index is 2.09. The maximum atomic E-state index is 13.8. The van der Waals surface area contributed by atoms with Crippen molar-refractivity contribution in [1.82, 2.24) is 10.6 Å². The molecule has 1 aliphatic heterocycles. The normalized spacial score (nSPS) is 23.7. The van der Waals surface area contributed by atoms with Gasteiger partial charge < -0.3 is 10.6 Å². The van der Waals surface area contributed by atoms with Gasteiger partial charge in [-0.2, -0.15) is 0 Å². The highest BCUT2D eigenvalue weighted by Gasteiger charge is 2.24. The van der Waals surface area contributed by atoms with Gasteiger partial charge in [0.25, 0.3) is 5.91 Å². The van der Waals surface area contributed by atoms with Crippen LogP contribution in [-0.4, -0.2) is 24.5 Å². The number of amides is 1. The van der Waals surface area contributed by atoms with E-state index in [1.54, 1.807) is 19.1 Å². The van der Waals surface area contributed by atoms with Gasteiger partial charge in [-0.05, 0) is 44.9 Å². The predicted octanol–water partition coefficient (Wildman–Crippen LogP) is 2.00. The fourth-order valence-corrected chi connectivity index (χ4v) is 2.31. The monoisotopic (exact) mass is 250 g/mol. The van der Waals surface area contributed by atoms with Crippen LogP contribution in [0.2, 0.25) is 0 Å². The van der Waals surface area contributed by atoms with Crippen molar-refractivity contribution in [3.8, 4) is 0 Å². The van der Waals surface area contributed by atoms with E-state index in [0.717, 1.165) is 19.4 Å². The Bertz CT molecular complexity index is 447. The topological polar surface area (TPSA) is 41.1 Å². The van der Waals surface area contributed by atoms with Gasteiger partial charge in [-0.3, -0.25) is 4.79 Å². The molecule has 1 aromatic carbocycles. The number of rotatable bonds is 2. The summed E-state index contributed by atoms with van der Waals surface area (Å²) in [5.74, 6) is -0.747. The number of benzene rings is 1. The standard InChI is InChI=1S/C14H19FN2O/c1-9-5-3-6-11(13(9)15)14(18)17-12-7-4-8-16-10(12)2/h3,5-6,10,12,16H,4,7-8H2,1-2H3,(H,17,18). The van der Waals surface area contributed by atoms with Crippen LogP contribution in [0.25, 0.3) is 0 Å². The van der Waals surface area contributed by atoms with E-state index in [1.807, 2.05) is 6.92 Å². The number of aryl methyl sites for hydroxylation is 1. The molecule has 98 valence electrons. The zero-order valence-corrected chi connectivity index (χ0v) is 10.8. The highest BCUT2D eigenvalue weighted by molar-refractivity contribution is 5.94. The minimum Gasteiger partial charge on any atom is -0.348 e. The molecule has 0 radical (unpaired) electrons. The zero-order chi connectivity index (χ0) is 13.1. The molecule has 1 fully saturated rings. The van der Waals surface area contributed by atoms with Gasteiger partial charge in [0.05, 0.1) is 5.56 Å². The Hall–Kier alpha value is -1.42. The van der Waals surface area contributed by atoms with Gasteiger partial charge in [0.1, 0.15) is 5.82 Å². The highest BCUT2D eigenvalue weighted by atomic mass is 19.1. The second-order valence-electron chi connectivity index (χ2n) is 4.90. The predicted molar refractivity (Wildman–Crippen MR) is 69.1 cm³/mol. The van der Waals surface area contributed by atoms with E-state index >= 15 is 0 Å². The van der Waals surface area contributed by atoms with E-state index in [4.69, 9.17) is 0 Å². The van der Waals surface area contributed by atoms with Crippen molar-refractivity contribution in [3.05, 3.63) is 35.1 Å². The lowest BCUT2D eigenvalue weighted by Gasteiger charge is -2.30. The van der Waals surface area contributed by atoms with E-state index < -0.39 is 5.82 Å². The van der Waals surface area contributed by atoms with Gasteiger partial charge in [0.2, 0.25) is 0 Å². The summed E-state index contributed by atoms with van der Waals surface area (Å²) in [6.07, 6.45) is 1.97. The molecule has 1 heterocycles. The number of hydrogen-bond acceptors (Lipinski definition) is 2. The van der Waals surface area contributed by atoms with Crippen molar-refractivity contribution in [2.24, 2.45) is 0 Å². The van der Waals surface area contributed by atoms with E-state index in [1.165, 1.54) is 6.07 Å². The lowest BCUT2D eigenvalue weighted by molar-refractivity contribution is 0.0915. The average molecular weight is 250 g/mol. The molecule has 0 aliphatic carbocycles. The summed E-state index contributed by atoms with van der Waals surface area (Å²) in [6, 6.07) is 5.20. The van der Waals surface area contributed by atoms with Crippen LogP contribution in [0.3, 0.4) is 0 Å². The Labute approximate surface area is 107 Å². The Morgan fingerprint density at radius 1 is 1.50 bits per heavy atom. The van der Waals surface area contributed by atoms with Crippen molar-refractivity contribution >= 4 is 5.91 Å². The largest absolute Gasteiger partial charge is 0.348 e. The molecule has 1 aromatic rings. The minimum atomic E-state index is -0.425. The second kappa shape index (κ2) is 5.48. The third-order valence-corrected chi connectivity index (χ3v) is 3.51. The average Bonchev–Trinajstić information content (AvgIpc) is 2.35. The van der Waals surface area contributed by atoms with Gasteiger partial charge in [-0.1, -0.05) is 12.1 Å². The van der Waals surface area contributed by atoms with Crippen molar-refractivity contribution < 1.29 is 9.18 Å². The Morgan fingerprint density at radius 2 is 2.28 bits per heavy atom. The van der Waals surface area contributed by atoms with Crippen LogP contribution in [0.15, 0.2) is 18.2 Å². The van der Waals surface area contributed by atoms with Crippen molar-refractivity contribution in [2.75, 3.05) is 6.54 Å². The first-order valence-electron chi connectivity index (χ1n) is 6.39. The van der Waals surface area contributed by atoms with E-state index in [2.05, 4.69) is 10.6 Å². The molecule has 2 rings (SSSR count). The first-order chi connectivity index (χ1) is 8.59. The van der Waals surface area contributed by atoms with Gasteiger partial charge in [0.15, 0.2) is 0 Å². The van der Waals surface area contributed by atoms with E-state index in [0.29, 0.717) is 5.56 Å². The molecule has 18 heavy (non-hydrogen) atoms. The minimum absolute atomic E-state index is 0.0752. The maximum Gasteiger partial charge on any atom is 0.254 e. The van der Waals surface area contributed by atoms with Gasteiger partial charge in [-0.15, -0.1) is 0 Å². The molecule has 0 spiro atoms. The van der Waals surface area contributed by atoms with E-state index in [9.17, 15) is 9.18 Å². The SMILES string of the molecule is Cc1cccc(C(=O)NC2CCCNC2C)c1F. The highest BCUT2D eigenvalue weighted by Crippen LogP contribution is 2.14. The number of hydrogen-bond donors (Lipinski definition) is 2. The number of halogens is 1. The van der Waals surface area contributed by atoms with E-state index in [-0.39, 0.29) is 23.6 Å². The molecule has 1 aliphatic rings. The smallest absolute Gasteiger partial charge is 0.254 e. The third kappa shape index (κ3) is 2.70. The van der Waals surface area contributed by atoms with Crippen LogP contribution in [0, 0.1) is 12.7 Å². The molecule has 3 nitrogen and oxygen atoms in total. The fourth-order valence-electron chi connectivity index (χ4n) is 2.31. The molecule has 4 heteroatoms. The van der Waals surface area contributed by atoms with Crippen LogP contribution in [0.4, 0.5) is 4.39 Å². The van der Waals surface area contributed by atoms with Crippen LogP contribution in [-0.2, 0) is 0 Å². The molecule has 1 amide bonds. The summed E-state index contributed by atoms with van der Waals surface area (Å²) in [7, 11) is 0. The number of piperidine rings is 1. The summed E-state index contributed by atoms with van der Waals surface area (Å²) in [5.41, 5.74) is 0.630. The summed E-state index contributed by atoms with van der Waals surface area (Å²) in [4.78, 5) is 12.1. The lowest BCUT2D eigenvalue weighted by Crippen LogP contribution is -2.52. The van der Waals surface area contributed by atoms with Gasteiger partial charge in [-0.25, -0.2) is 4.39 Å². The molecule has 0 aromatic heterocycles. The van der Waals surface area contributed by atoms with Crippen LogP contribution >= 0.6 is 0 Å². The molecule has 1 saturated heterocycles. The lowest BCUT2D eigenvalue weighted by atomic mass is 9.99. The summed E-state index contributed by atoms with van der Waals surface area (Å²) in [5, 5.41) is 6.22. The molecule has 2 unspecified atom stereocenters. The van der Waals surface area contributed by atoms with Crippen molar-refractivity contribution in [1.29, 1.82) is 0 Å². The molecule has 0 saturated carbocycles. The number of carbonyl (C=O) groups is 1. The third-order valence-electron chi connectivity index (χ3n) is 3.51. The van der Waals surface area contributed by atoms with Gasteiger partial charge in [0, 0.05) is 12.1 Å². The number of carbonyl (C=O) groups excluding carboxylic acids is 1. The van der Waals surface area contributed by atoms with Crippen LogP contribution in [0.1, 0.15) is 35.7 Å². The molecule has 2 atom stereocenters. The first-order valence-corrected chi connectivity index (χ1v) is 6.39. The molecular weight excluding hydrogens is 231 g/mol. The van der Waals surface area contributed by atoms with Crippen LogP contribution in [0.5, 0.6) is 0 Å². The van der Waals surface area contributed by atoms with Crippen molar-refractivity contribution in [2.45, 2.75) is 38.8 Å².